The molecule has 5 nitrogen and oxygen atoms in total. The molecule has 0 spiro atoms. The maximum absolute atomic E-state index is 10.1. The van der Waals surface area contributed by atoms with Gasteiger partial charge in [0.25, 0.3) is 0 Å². The van der Waals surface area contributed by atoms with E-state index in [9.17, 15) is 5.11 Å². The van der Waals surface area contributed by atoms with Gasteiger partial charge in [0, 0.05) is 23.9 Å². The molecule has 142 valence electrons. The van der Waals surface area contributed by atoms with Crippen LogP contribution in [0, 0.1) is 0 Å². The highest BCUT2D eigenvalue weighted by Crippen LogP contribution is 2.19. The molecule has 0 aliphatic carbocycles. The fourth-order valence-electron chi connectivity index (χ4n) is 2.40. The fourth-order valence-corrected chi connectivity index (χ4v) is 3.19. The van der Waals surface area contributed by atoms with E-state index >= 15 is 0 Å². The number of benzene rings is 1. The topological polar surface area (TPSA) is 65.9 Å². The van der Waals surface area contributed by atoms with Crippen LogP contribution in [-0.4, -0.2) is 43.4 Å². The van der Waals surface area contributed by atoms with Crippen molar-refractivity contribution in [1.29, 1.82) is 0 Å². The van der Waals surface area contributed by atoms with E-state index in [0.717, 1.165) is 24.6 Å². The molecule has 0 bridgehead atoms. The molecule has 0 saturated heterocycles. The van der Waals surface area contributed by atoms with Crippen molar-refractivity contribution in [2.24, 2.45) is 4.99 Å². The fraction of sp³-hybridized carbons (Fsp3) is 0.450. The first-order chi connectivity index (χ1) is 12.7. The average molecular weight is 376 g/mol. The van der Waals surface area contributed by atoms with Gasteiger partial charge in [0.05, 0.1) is 25.9 Å². The van der Waals surface area contributed by atoms with Gasteiger partial charge in [0.1, 0.15) is 0 Å². The molecule has 2 unspecified atom stereocenters. The van der Waals surface area contributed by atoms with E-state index in [4.69, 9.17) is 4.74 Å². The summed E-state index contributed by atoms with van der Waals surface area (Å²) in [7, 11) is 0. The molecular formula is C20H29N3O2S. The van der Waals surface area contributed by atoms with Crippen LogP contribution in [-0.2, 0) is 11.3 Å². The lowest BCUT2D eigenvalue weighted by Crippen LogP contribution is -2.39. The molecule has 2 atom stereocenters. The summed E-state index contributed by atoms with van der Waals surface area (Å²) in [5.74, 6) is 1.14. The first-order valence-electron chi connectivity index (χ1n) is 9.04. The second kappa shape index (κ2) is 11.7. The van der Waals surface area contributed by atoms with Crippen molar-refractivity contribution < 1.29 is 9.84 Å². The summed E-state index contributed by atoms with van der Waals surface area (Å²) in [6, 6.07) is 14.2. The van der Waals surface area contributed by atoms with Gasteiger partial charge < -0.3 is 20.5 Å². The summed E-state index contributed by atoms with van der Waals surface area (Å²) in [5.41, 5.74) is 1.10. The summed E-state index contributed by atoms with van der Waals surface area (Å²) in [6.45, 7) is 6.86. The minimum atomic E-state index is -0.621. The van der Waals surface area contributed by atoms with Crippen LogP contribution in [0.2, 0.25) is 0 Å². The van der Waals surface area contributed by atoms with E-state index in [1.165, 1.54) is 4.88 Å². The van der Waals surface area contributed by atoms with Crippen LogP contribution in [0.4, 0.5) is 0 Å². The Morgan fingerprint density at radius 1 is 1.19 bits per heavy atom. The molecule has 0 radical (unpaired) electrons. The molecule has 0 aliphatic rings. The van der Waals surface area contributed by atoms with Gasteiger partial charge in [-0.15, -0.1) is 11.3 Å². The number of rotatable bonds is 10. The van der Waals surface area contributed by atoms with E-state index in [1.807, 2.05) is 37.3 Å². The molecule has 1 heterocycles. The van der Waals surface area contributed by atoms with Crippen molar-refractivity contribution in [2.45, 2.75) is 32.5 Å². The number of aliphatic hydroxyl groups excluding tert-OH is 1. The van der Waals surface area contributed by atoms with Crippen LogP contribution in [0.1, 0.15) is 30.2 Å². The van der Waals surface area contributed by atoms with Crippen LogP contribution in [0.15, 0.2) is 52.8 Å². The molecule has 26 heavy (non-hydrogen) atoms. The summed E-state index contributed by atoms with van der Waals surface area (Å²) >= 11 is 1.76. The number of guanidine groups is 1. The summed E-state index contributed by atoms with van der Waals surface area (Å²) in [6.07, 6.45) is -0.621. The van der Waals surface area contributed by atoms with Crippen LogP contribution in [0.5, 0.6) is 0 Å². The zero-order chi connectivity index (χ0) is 18.6. The number of ether oxygens (including phenoxy) is 1. The average Bonchev–Trinajstić information content (AvgIpc) is 3.19. The molecule has 6 heteroatoms. The minimum absolute atomic E-state index is 0.267. The van der Waals surface area contributed by atoms with Crippen LogP contribution in [0.25, 0.3) is 0 Å². The molecule has 1 aromatic carbocycles. The lowest BCUT2D eigenvalue weighted by Gasteiger charge is -2.16. The second-order valence-corrected chi connectivity index (χ2v) is 7.15. The molecule has 0 amide bonds. The number of nitrogens with one attached hydrogen (secondary N) is 2. The monoisotopic (exact) mass is 375 g/mol. The number of nitrogens with zero attached hydrogens (tertiary/aromatic N) is 1. The third-order valence-electron chi connectivity index (χ3n) is 3.83. The van der Waals surface area contributed by atoms with E-state index < -0.39 is 6.10 Å². The van der Waals surface area contributed by atoms with Gasteiger partial charge in [-0.1, -0.05) is 43.3 Å². The van der Waals surface area contributed by atoms with Crippen molar-refractivity contribution >= 4 is 17.3 Å². The molecule has 2 aromatic rings. The predicted octanol–water partition coefficient (Wildman–Crippen LogP) is 2.98. The standard InChI is InChI=1S/C20H29N3O2S/c1-3-21-20(22-12-16(2)19-10-7-11-26-19)23-13-18(24)15-25-14-17-8-5-4-6-9-17/h4-11,16,18,24H,3,12-15H2,1-2H3,(H2,21,22,23). The minimum Gasteiger partial charge on any atom is -0.389 e. The van der Waals surface area contributed by atoms with Gasteiger partial charge in [0.15, 0.2) is 5.96 Å². The highest BCUT2D eigenvalue weighted by atomic mass is 32.1. The van der Waals surface area contributed by atoms with Crippen LogP contribution in [0.3, 0.4) is 0 Å². The second-order valence-electron chi connectivity index (χ2n) is 6.17. The summed E-state index contributed by atoms with van der Waals surface area (Å²) < 4.78 is 5.56. The Kier molecular flexibility index (Phi) is 9.17. The van der Waals surface area contributed by atoms with E-state index in [0.29, 0.717) is 19.1 Å². The Morgan fingerprint density at radius 2 is 2.00 bits per heavy atom. The number of aliphatic imine (C=N–C) groups is 1. The summed E-state index contributed by atoms with van der Waals surface area (Å²) in [5, 5.41) is 18.7. The lowest BCUT2D eigenvalue weighted by atomic mass is 10.1. The van der Waals surface area contributed by atoms with E-state index in [-0.39, 0.29) is 6.61 Å². The third kappa shape index (κ3) is 7.56. The first-order valence-corrected chi connectivity index (χ1v) is 9.92. The van der Waals surface area contributed by atoms with Gasteiger partial charge in [-0.25, -0.2) is 0 Å². The zero-order valence-electron chi connectivity index (χ0n) is 15.5. The zero-order valence-corrected chi connectivity index (χ0v) is 16.3. The highest BCUT2D eigenvalue weighted by Gasteiger charge is 2.09. The predicted molar refractivity (Wildman–Crippen MR) is 109 cm³/mol. The smallest absolute Gasteiger partial charge is 0.191 e. The number of hydrogen-bond donors (Lipinski definition) is 3. The molecule has 2 rings (SSSR count). The van der Waals surface area contributed by atoms with Crippen molar-refractivity contribution in [2.75, 3.05) is 26.2 Å². The maximum Gasteiger partial charge on any atom is 0.191 e. The van der Waals surface area contributed by atoms with Crippen molar-refractivity contribution in [3.05, 3.63) is 58.3 Å². The molecule has 3 N–H and O–H groups in total. The van der Waals surface area contributed by atoms with Crippen LogP contribution < -0.4 is 10.6 Å². The van der Waals surface area contributed by atoms with Gasteiger partial charge >= 0.3 is 0 Å². The maximum atomic E-state index is 10.1. The Balaban J connectivity index is 1.72. The van der Waals surface area contributed by atoms with Crippen molar-refractivity contribution in [3.63, 3.8) is 0 Å². The normalized spacial score (nSPS) is 14.0. The van der Waals surface area contributed by atoms with Gasteiger partial charge in [-0.2, -0.15) is 0 Å². The lowest BCUT2D eigenvalue weighted by molar-refractivity contribution is 0.0331. The summed E-state index contributed by atoms with van der Waals surface area (Å²) in [4.78, 5) is 5.81. The Bertz CT molecular complexity index is 632. The Labute approximate surface area is 160 Å². The first kappa shape index (κ1) is 20.4. The number of thiophene rings is 1. The Hall–Kier alpha value is -1.89. The van der Waals surface area contributed by atoms with E-state index in [2.05, 4.69) is 40.1 Å². The highest BCUT2D eigenvalue weighted by molar-refractivity contribution is 7.10. The molecular weight excluding hydrogens is 346 g/mol. The Morgan fingerprint density at radius 3 is 2.69 bits per heavy atom. The third-order valence-corrected chi connectivity index (χ3v) is 4.93. The number of aliphatic hydroxyl groups is 1. The quantitative estimate of drug-likeness (QED) is 0.441. The molecule has 0 fully saturated rings. The van der Waals surface area contributed by atoms with Gasteiger partial charge in [0.2, 0.25) is 0 Å². The van der Waals surface area contributed by atoms with Crippen molar-refractivity contribution in [3.8, 4) is 0 Å². The largest absolute Gasteiger partial charge is 0.389 e. The number of hydrogen-bond acceptors (Lipinski definition) is 4. The van der Waals surface area contributed by atoms with Gasteiger partial charge in [-0.05, 0) is 23.9 Å². The van der Waals surface area contributed by atoms with Gasteiger partial charge in [-0.3, -0.25) is 4.99 Å². The van der Waals surface area contributed by atoms with E-state index in [1.54, 1.807) is 11.3 Å². The van der Waals surface area contributed by atoms with Crippen LogP contribution >= 0.6 is 11.3 Å². The SMILES string of the molecule is CCNC(=NCC(O)COCc1ccccc1)NCC(C)c1cccs1. The molecule has 0 aliphatic heterocycles. The molecule has 1 aromatic heterocycles. The molecule has 0 saturated carbocycles. The van der Waals surface area contributed by atoms with Crippen molar-refractivity contribution in [1.82, 2.24) is 10.6 Å².